The fraction of sp³-hybridized carbons (Fsp3) is 0.179. The molecule has 1 aromatic heterocycles. The molecule has 7 nitrogen and oxygen atoms in total. The number of nitrogens with zero attached hydrogens (tertiary/aromatic N) is 3. The Bertz CT molecular complexity index is 1450. The SMILES string of the molecule is CC(C)N(CC(=O)Nc1cc(-c2ccccc2)nn1-c1ccc(F)cc1)C(=O)Nc1cccc(C(F)(F)F)c1. The van der Waals surface area contributed by atoms with Crippen LogP contribution < -0.4 is 10.6 Å². The lowest BCUT2D eigenvalue weighted by Gasteiger charge is -2.26. The molecule has 0 saturated heterocycles. The summed E-state index contributed by atoms with van der Waals surface area (Å²) in [6.45, 7) is 2.96. The second kappa shape index (κ2) is 11.4. The van der Waals surface area contributed by atoms with Crippen LogP contribution in [0.15, 0.2) is 84.9 Å². The molecule has 0 saturated carbocycles. The Morgan fingerprint density at radius 3 is 2.26 bits per heavy atom. The van der Waals surface area contributed by atoms with E-state index in [-0.39, 0.29) is 11.5 Å². The molecule has 0 aliphatic carbocycles. The van der Waals surface area contributed by atoms with E-state index in [1.54, 1.807) is 19.9 Å². The van der Waals surface area contributed by atoms with Crippen molar-refractivity contribution in [1.29, 1.82) is 0 Å². The summed E-state index contributed by atoms with van der Waals surface area (Å²) >= 11 is 0. The van der Waals surface area contributed by atoms with Gasteiger partial charge < -0.3 is 15.5 Å². The third kappa shape index (κ3) is 6.81. The maximum absolute atomic E-state index is 13.5. The predicted octanol–water partition coefficient (Wildman–Crippen LogP) is 6.58. The molecule has 0 aliphatic rings. The van der Waals surface area contributed by atoms with E-state index in [1.807, 2.05) is 30.3 Å². The maximum Gasteiger partial charge on any atom is 0.416 e. The minimum Gasteiger partial charge on any atom is -0.313 e. The van der Waals surface area contributed by atoms with Crippen molar-refractivity contribution < 1.29 is 27.2 Å². The molecular formula is C28H25F4N5O2. The Kier molecular flexibility index (Phi) is 7.99. The molecule has 4 aromatic rings. The topological polar surface area (TPSA) is 79.3 Å². The normalized spacial score (nSPS) is 11.4. The zero-order valence-corrected chi connectivity index (χ0v) is 21.0. The van der Waals surface area contributed by atoms with Crippen LogP contribution in [-0.2, 0) is 11.0 Å². The number of amides is 3. The van der Waals surface area contributed by atoms with Crippen LogP contribution in [0.1, 0.15) is 19.4 Å². The van der Waals surface area contributed by atoms with Crippen molar-refractivity contribution in [3.8, 4) is 16.9 Å². The summed E-state index contributed by atoms with van der Waals surface area (Å²) < 4.78 is 54.1. The first-order valence-corrected chi connectivity index (χ1v) is 12.0. The molecule has 2 N–H and O–H groups in total. The van der Waals surface area contributed by atoms with E-state index in [9.17, 15) is 27.2 Å². The lowest BCUT2D eigenvalue weighted by Crippen LogP contribution is -2.44. The number of anilines is 2. The van der Waals surface area contributed by atoms with Crippen molar-refractivity contribution in [2.75, 3.05) is 17.2 Å². The van der Waals surface area contributed by atoms with Gasteiger partial charge in [0.2, 0.25) is 5.91 Å². The van der Waals surface area contributed by atoms with Gasteiger partial charge in [-0.15, -0.1) is 0 Å². The molecule has 0 spiro atoms. The number of alkyl halides is 3. The van der Waals surface area contributed by atoms with Crippen LogP contribution in [0.3, 0.4) is 0 Å². The number of hydrogen-bond acceptors (Lipinski definition) is 3. The highest BCUT2D eigenvalue weighted by atomic mass is 19.4. The molecule has 0 fully saturated rings. The lowest BCUT2D eigenvalue weighted by molar-refractivity contribution is -0.137. The predicted molar refractivity (Wildman–Crippen MR) is 140 cm³/mol. The van der Waals surface area contributed by atoms with E-state index in [0.29, 0.717) is 11.4 Å². The number of nitrogens with one attached hydrogen (secondary N) is 2. The summed E-state index contributed by atoms with van der Waals surface area (Å²) in [5, 5.41) is 9.73. The molecule has 3 amide bonds. The highest BCUT2D eigenvalue weighted by molar-refractivity contribution is 5.97. The second-order valence-corrected chi connectivity index (χ2v) is 8.95. The molecule has 0 unspecified atom stereocenters. The van der Waals surface area contributed by atoms with Crippen molar-refractivity contribution in [3.63, 3.8) is 0 Å². The largest absolute Gasteiger partial charge is 0.416 e. The molecule has 0 bridgehead atoms. The quantitative estimate of drug-likeness (QED) is 0.261. The molecular weight excluding hydrogens is 514 g/mol. The van der Waals surface area contributed by atoms with Crippen molar-refractivity contribution in [2.24, 2.45) is 0 Å². The summed E-state index contributed by atoms with van der Waals surface area (Å²) in [5.41, 5.74) is 0.883. The summed E-state index contributed by atoms with van der Waals surface area (Å²) in [5.74, 6) is -0.711. The van der Waals surface area contributed by atoms with Gasteiger partial charge in [-0.2, -0.15) is 18.3 Å². The maximum atomic E-state index is 13.5. The highest BCUT2D eigenvalue weighted by Gasteiger charge is 2.31. The average molecular weight is 540 g/mol. The number of carbonyl (C=O) groups excluding carboxylic acids is 2. The smallest absolute Gasteiger partial charge is 0.313 e. The van der Waals surface area contributed by atoms with E-state index in [4.69, 9.17) is 0 Å². The lowest BCUT2D eigenvalue weighted by atomic mass is 10.1. The first-order valence-electron chi connectivity index (χ1n) is 12.0. The van der Waals surface area contributed by atoms with Crippen LogP contribution in [-0.4, -0.2) is 39.2 Å². The van der Waals surface area contributed by atoms with Gasteiger partial charge >= 0.3 is 12.2 Å². The second-order valence-electron chi connectivity index (χ2n) is 8.95. The third-order valence-corrected chi connectivity index (χ3v) is 5.76. The van der Waals surface area contributed by atoms with E-state index < -0.39 is 42.1 Å². The van der Waals surface area contributed by atoms with Gasteiger partial charge in [-0.05, 0) is 56.3 Å². The van der Waals surface area contributed by atoms with E-state index in [0.717, 1.165) is 17.7 Å². The molecule has 39 heavy (non-hydrogen) atoms. The molecule has 4 rings (SSSR count). The number of hydrogen-bond donors (Lipinski definition) is 2. The fourth-order valence-corrected chi connectivity index (χ4v) is 3.79. The molecule has 0 aliphatic heterocycles. The molecule has 0 atom stereocenters. The van der Waals surface area contributed by atoms with Gasteiger partial charge in [0.05, 0.1) is 16.9 Å². The minimum atomic E-state index is -4.57. The number of rotatable bonds is 7. The summed E-state index contributed by atoms with van der Waals surface area (Å²) in [7, 11) is 0. The monoisotopic (exact) mass is 539 g/mol. The van der Waals surface area contributed by atoms with Gasteiger partial charge in [0, 0.05) is 23.4 Å². The van der Waals surface area contributed by atoms with Crippen molar-refractivity contribution in [3.05, 3.63) is 96.3 Å². The van der Waals surface area contributed by atoms with Gasteiger partial charge in [0.25, 0.3) is 0 Å². The van der Waals surface area contributed by atoms with Gasteiger partial charge in [0.15, 0.2) is 0 Å². The summed E-state index contributed by atoms with van der Waals surface area (Å²) in [6.07, 6.45) is -4.57. The Labute approximate surface area is 222 Å². The number of halogens is 4. The first-order chi connectivity index (χ1) is 18.5. The Morgan fingerprint density at radius 1 is 0.923 bits per heavy atom. The Hall–Kier alpha value is -4.67. The van der Waals surface area contributed by atoms with Gasteiger partial charge in [0.1, 0.15) is 18.2 Å². The zero-order chi connectivity index (χ0) is 28.2. The molecule has 3 aromatic carbocycles. The van der Waals surface area contributed by atoms with Crippen molar-refractivity contribution >= 4 is 23.4 Å². The van der Waals surface area contributed by atoms with Gasteiger partial charge in [-0.1, -0.05) is 36.4 Å². The summed E-state index contributed by atoms with van der Waals surface area (Å²) in [6, 6.07) is 19.5. The van der Waals surface area contributed by atoms with Crippen LogP contribution in [0.25, 0.3) is 16.9 Å². The third-order valence-electron chi connectivity index (χ3n) is 5.76. The fourth-order valence-electron chi connectivity index (χ4n) is 3.79. The van der Waals surface area contributed by atoms with Gasteiger partial charge in [-0.3, -0.25) is 4.79 Å². The first kappa shape index (κ1) is 27.4. The van der Waals surface area contributed by atoms with Crippen LogP contribution in [0, 0.1) is 5.82 Å². The summed E-state index contributed by atoms with van der Waals surface area (Å²) in [4.78, 5) is 27.2. The molecule has 0 radical (unpaired) electrons. The van der Waals surface area contributed by atoms with E-state index >= 15 is 0 Å². The van der Waals surface area contributed by atoms with E-state index in [2.05, 4.69) is 15.7 Å². The van der Waals surface area contributed by atoms with Crippen molar-refractivity contribution in [1.82, 2.24) is 14.7 Å². The number of aromatic nitrogens is 2. The Morgan fingerprint density at radius 2 is 1.62 bits per heavy atom. The number of urea groups is 1. The van der Waals surface area contributed by atoms with Crippen LogP contribution >= 0.6 is 0 Å². The molecule has 1 heterocycles. The zero-order valence-electron chi connectivity index (χ0n) is 21.0. The standard InChI is InChI=1S/C28H25F4N5O2/c1-18(2)36(27(39)33-22-10-6-9-20(15-22)28(30,31)32)17-26(38)34-25-16-24(19-7-4-3-5-8-19)35-37(25)23-13-11-21(29)12-14-23/h3-16,18H,17H2,1-2H3,(H,33,39)(H,34,38). The minimum absolute atomic E-state index is 0.0530. The Balaban J connectivity index is 1.54. The van der Waals surface area contributed by atoms with Crippen LogP contribution in [0.4, 0.5) is 33.9 Å². The van der Waals surface area contributed by atoms with Crippen LogP contribution in [0.5, 0.6) is 0 Å². The number of benzene rings is 3. The molecule has 11 heteroatoms. The highest BCUT2D eigenvalue weighted by Crippen LogP contribution is 2.31. The average Bonchev–Trinajstić information content (AvgIpc) is 3.31. The molecule has 202 valence electrons. The number of carbonyl (C=O) groups is 2. The van der Waals surface area contributed by atoms with Crippen molar-refractivity contribution in [2.45, 2.75) is 26.1 Å². The van der Waals surface area contributed by atoms with Crippen LogP contribution in [0.2, 0.25) is 0 Å². The van der Waals surface area contributed by atoms with Gasteiger partial charge in [-0.25, -0.2) is 13.9 Å². The van der Waals surface area contributed by atoms with E-state index in [1.165, 1.54) is 46.0 Å².